The third-order valence-electron chi connectivity index (χ3n) is 5.48. The van der Waals surface area contributed by atoms with Crippen LogP contribution in [0.5, 0.6) is 5.75 Å². The van der Waals surface area contributed by atoms with Gasteiger partial charge in [0.2, 0.25) is 5.95 Å². The molecule has 0 aliphatic heterocycles. The second-order valence-electron chi connectivity index (χ2n) is 9.66. The molecule has 37 heavy (non-hydrogen) atoms. The van der Waals surface area contributed by atoms with Gasteiger partial charge in [0.1, 0.15) is 17.2 Å². The van der Waals surface area contributed by atoms with Crippen LogP contribution in [0, 0.1) is 0 Å². The molecule has 10 nitrogen and oxygen atoms in total. The number of amides is 1. The summed E-state index contributed by atoms with van der Waals surface area (Å²) >= 11 is 0. The number of ether oxygens (including phenoxy) is 1. The molecule has 4 rings (SSSR count). The minimum atomic E-state index is -5.01. The fraction of sp³-hybridized carbons (Fsp3) is 0.375. The van der Waals surface area contributed by atoms with Crippen LogP contribution >= 0.6 is 0 Å². The van der Waals surface area contributed by atoms with Crippen molar-refractivity contribution < 1.29 is 22.7 Å². The maximum atomic E-state index is 13.1. The smallest absolute Gasteiger partial charge is 0.404 e. The van der Waals surface area contributed by atoms with Gasteiger partial charge in [-0.05, 0) is 64.3 Å². The summed E-state index contributed by atoms with van der Waals surface area (Å²) in [5.74, 6) is -1.14. The number of alkyl halides is 3. The van der Waals surface area contributed by atoms with Gasteiger partial charge in [0.15, 0.2) is 5.75 Å². The first-order valence-electron chi connectivity index (χ1n) is 11.5. The first-order valence-corrected chi connectivity index (χ1v) is 11.5. The quantitative estimate of drug-likeness (QED) is 0.327. The maximum Gasteiger partial charge on any atom is 0.573 e. The number of rotatable bonds is 8. The summed E-state index contributed by atoms with van der Waals surface area (Å²) in [6.45, 7) is 5.47. The zero-order valence-electron chi connectivity index (χ0n) is 20.2. The predicted molar refractivity (Wildman–Crippen MR) is 132 cm³/mol. The number of carbonyl (C=O) groups is 1. The van der Waals surface area contributed by atoms with Gasteiger partial charge >= 0.3 is 6.36 Å². The number of hydrogen-bond donors (Lipinski definition) is 4. The Morgan fingerprint density at radius 2 is 1.73 bits per heavy atom. The molecule has 1 aliphatic rings. The van der Waals surface area contributed by atoms with Crippen LogP contribution in [0.2, 0.25) is 0 Å². The van der Waals surface area contributed by atoms with Crippen molar-refractivity contribution in [2.75, 3.05) is 16.0 Å². The zero-order chi connectivity index (χ0) is 27.0. The van der Waals surface area contributed by atoms with Gasteiger partial charge in [-0.25, -0.2) is 4.98 Å². The lowest BCUT2D eigenvalue weighted by Crippen LogP contribution is -2.41. The Kier molecular flexibility index (Phi) is 6.80. The van der Waals surface area contributed by atoms with Crippen molar-refractivity contribution in [1.82, 2.24) is 15.3 Å². The van der Waals surface area contributed by atoms with E-state index in [-0.39, 0.29) is 40.4 Å². The minimum absolute atomic E-state index is 0.00649. The summed E-state index contributed by atoms with van der Waals surface area (Å²) < 4.78 is 43.4. The standard InChI is InChI=1S/C24H25F3N6O4/c1-23(2,3)33-18-17(19(34)20(18)35)31-16-9-10-28-22(32-16)30-14-8-7-12(11-15(14)37-24(25,26)27)21(36)29-13-5-4-6-13/h7-11,13,33H,4-6H2,1-3H3,(H,29,36)(H2,28,30,31,32). The highest BCUT2D eigenvalue weighted by Gasteiger charge is 2.33. The number of hydrogen-bond acceptors (Lipinski definition) is 9. The first kappa shape index (κ1) is 25.9. The molecule has 1 saturated carbocycles. The van der Waals surface area contributed by atoms with Gasteiger partial charge in [-0.2, -0.15) is 4.98 Å². The van der Waals surface area contributed by atoms with Gasteiger partial charge in [-0.3, -0.25) is 14.4 Å². The molecule has 13 heteroatoms. The summed E-state index contributed by atoms with van der Waals surface area (Å²) in [6, 6.07) is 5.02. The molecule has 1 amide bonds. The fourth-order valence-electron chi connectivity index (χ4n) is 3.54. The Hall–Kier alpha value is -4.16. The molecule has 1 heterocycles. The molecular weight excluding hydrogens is 493 g/mol. The molecule has 1 aliphatic carbocycles. The molecule has 0 radical (unpaired) electrons. The normalized spacial score (nSPS) is 14.1. The van der Waals surface area contributed by atoms with Gasteiger partial charge in [-0.1, -0.05) is 0 Å². The maximum absolute atomic E-state index is 13.1. The highest BCUT2D eigenvalue weighted by molar-refractivity contribution is 5.95. The zero-order valence-corrected chi connectivity index (χ0v) is 20.2. The number of aromatic nitrogens is 2. The van der Waals surface area contributed by atoms with Crippen molar-refractivity contribution in [2.24, 2.45) is 0 Å². The number of nitrogens with one attached hydrogen (secondary N) is 4. The van der Waals surface area contributed by atoms with Crippen LogP contribution in [0.4, 0.5) is 42.0 Å². The van der Waals surface area contributed by atoms with E-state index in [2.05, 4.69) is 36.0 Å². The van der Waals surface area contributed by atoms with Crippen LogP contribution in [0.15, 0.2) is 40.1 Å². The fourth-order valence-corrected chi connectivity index (χ4v) is 3.54. The lowest BCUT2D eigenvalue weighted by Gasteiger charge is -2.26. The summed E-state index contributed by atoms with van der Waals surface area (Å²) in [4.78, 5) is 44.6. The third kappa shape index (κ3) is 6.35. The molecule has 4 N–H and O–H groups in total. The van der Waals surface area contributed by atoms with Crippen LogP contribution in [-0.4, -0.2) is 33.8 Å². The van der Waals surface area contributed by atoms with Crippen molar-refractivity contribution in [3.8, 4) is 5.75 Å². The SMILES string of the molecule is CC(C)(C)Nc1c(Nc2ccnc(Nc3ccc(C(=O)NC4CCC4)cc3OC(F)(F)F)n2)c(=O)c1=O. The highest BCUT2D eigenvalue weighted by atomic mass is 19.4. The number of halogens is 3. The van der Waals surface area contributed by atoms with Crippen molar-refractivity contribution in [3.05, 3.63) is 56.5 Å². The minimum Gasteiger partial charge on any atom is -0.404 e. The Labute approximate surface area is 209 Å². The molecule has 196 valence electrons. The molecule has 3 aromatic rings. The van der Waals surface area contributed by atoms with E-state index in [1.807, 2.05) is 20.8 Å². The second-order valence-corrected chi connectivity index (χ2v) is 9.66. The van der Waals surface area contributed by atoms with E-state index in [0.29, 0.717) is 0 Å². The van der Waals surface area contributed by atoms with Gasteiger partial charge < -0.3 is 26.0 Å². The molecule has 0 unspecified atom stereocenters. The second kappa shape index (κ2) is 9.71. The highest BCUT2D eigenvalue weighted by Crippen LogP contribution is 2.33. The van der Waals surface area contributed by atoms with E-state index < -0.39 is 34.4 Å². The Morgan fingerprint density at radius 1 is 1.03 bits per heavy atom. The summed E-state index contributed by atoms with van der Waals surface area (Å²) in [6.07, 6.45) is -1.07. The van der Waals surface area contributed by atoms with Crippen LogP contribution in [0.1, 0.15) is 50.4 Å². The summed E-state index contributed by atoms with van der Waals surface area (Å²) in [7, 11) is 0. The monoisotopic (exact) mass is 518 g/mol. The van der Waals surface area contributed by atoms with E-state index in [4.69, 9.17) is 0 Å². The van der Waals surface area contributed by atoms with Gasteiger partial charge in [0, 0.05) is 23.3 Å². The number of benzene rings is 1. The van der Waals surface area contributed by atoms with Crippen LogP contribution in [0.25, 0.3) is 0 Å². The van der Waals surface area contributed by atoms with Crippen molar-refractivity contribution in [3.63, 3.8) is 0 Å². The predicted octanol–water partition coefficient (Wildman–Crippen LogP) is 3.95. The lowest BCUT2D eigenvalue weighted by molar-refractivity contribution is -0.274. The largest absolute Gasteiger partial charge is 0.573 e. The van der Waals surface area contributed by atoms with Crippen LogP contribution in [-0.2, 0) is 0 Å². The third-order valence-corrected chi connectivity index (χ3v) is 5.48. The van der Waals surface area contributed by atoms with E-state index >= 15 is 0 Å². The van der Waals surface area contributed by atoms with Crippen LogP contribution in [0.3, 0.4) is 0 Å². The van der Waals surface area contributed by atoms with Crippen molar-refractivity contribution >= 4 is 34.7 Å². The van der Waals surface area contributed by atoms with Gasteiger partial charge in [0.05, 0.1) is 5.69 Å². The molecule has 1 fully saturated rings. The Balaban J connectivity index is 1.56. The first-order chi connectivity index (χ1) is 17.3. The lowest BCUT2D eigenvalue weighted by atomic mass is 9.93. The molecule has 2 aromatic carbocycles. The summed E-state index contributed by atoms with van der Waals surface area (Å²) in [5.41, 5.74) is -1.87. The van der Waals surface area contributed by atoms with E-state index in [9.17, 15) is 27.6 Å². The number of anilines is 5. The Morgan fingerprint density at radius 3 is 2.35 bits per heavy atom. The van der Waals surface area contributed by atoms with Gasteiger partial charge in [0.25, 0.3) is 16.8 Å². The average molecular weight is 518 g/mol. The number of carbonyl (C=O) groups excluding carboxylic acids is 1. The molecule has 0 spiro atoms. The van der Waals surface area contributed by atoms with Crippen molar-refractivity contribution in [1.29, 1.82) is 0 Å². The van der Waals surface area contributed by atoms with Crippen LogP contribution < -0.4 is 36.9 Å². The Bertz CT molecular complexity index is 1390. The van der Waals surface area contributed by atoms with Crippen molar-refractivity contribution in [2.45, 2.75) is 58.0 Å². The van der Waals surface area contributed by atoms with Gasteiger partial charge in [-0.15, -0.1) is 13.2 Å². The van der Waals surface area contributed by atoms with E-state index in [1.54, 1.807) is 0 Å². The number of nitrogens with zero attached hydrogens (tertiary/aromatic N) is 2. The molecule has 0 atom stereocenters. The topological polar surface area (TPSA) is 134 Å². The molecule has 1 aromatic heterocycles. The average Bonchev–Trinajstić information content (AvgIpc) is 2.78. The molecular formula is C24H25F3N6O4. The van der Waals surface area contributed by atoms with E-state index in [1.165, 1.54) is 24.4 Å². The summed E-state index contributed by atoms with van der Waals surface area (Å²) in [5, 5.41) is 11.1. The van der Waals surface area contributed by atoms with E-state index in [0.717, 1.165) is 25.3 Å². The molecule has 0 bridgehead atoms. The molecule has 0 saturated heterocycles.